The molecule has 0 radical (unpaired) electrons. The predicted molar refractivity (Wildman–Crippen MR) is 82.6 cm³/mol. The fourth-order valence-corrected chi connectivity index (χ4v) is 3.47. The number of hydrogen-bond donors (Lipinski definition) is 1. The molecule has 0 aromatic heterocycles. The maximum Gasteiger partial charge on any atom is 0.0391 e. The van der Waals surface area contributed by atoms with E-state index in [4.69, 9.17) is 0 Å². The van der Waals surface area contributed by atoms with E-state index in [1.54, 1.807) is 5.56 Å². The lowest BCUT2D eigenvalue weighted by Crippen LogP contribution is -2.30. The second-order valence-corrected chi connectivity index (χ2v) is 5.95. The van der Waals surface area contributed by atoms with Crippen LogP contribution in [-0.2, 0) is 0 Å². The highest BCUT2D eigenvalue weighted by Gasteiger charge is 2.34. The van der Waals surface area contributed by atoms with Crippen molar-refractivity contribution in [3.8, 4) is 0 Å². The molecule has 1 aliphatic rings. The van der Waals surface area contributed by atoms with Gasteiger partial charge in [-0.15, -0.1) is 0 Å². The molecule has 1 fully saturated rings. The van der Waals surface area contributed by atoms with Crippen molar-refractivity contribution < 1.29 is 0 Å². The van der Waals surface area contributed by atoms with E-state index in [1.165, 1.54) is 37.1 Å². The topological polar surface area (TPSA) is 15.3 Å². The van der Waals surface area contributed by atoms with E-state index in [1.807, 2.05) is 0 Å². The van der Waals surface area contributed by atoms with Crippen molar-refractivity contribution in [1.82, 2.24) is 10.2 Å². The van der Waals surface area contributed by atoms with Gasteiger partial charge in [-0.1, -0.05) is 30.7 Å². The molecular weight excluding hydrogens is 232 g/mol. The summed E-state index contributed by atoms with van der Waals surface area (Å²) in [6.45, 7) is 10.3. The Morgan fingerprint density at radius 3 is 2.79 bits per heavy atom. The Labute approximate surface area is 118 Å². The van der Waals surface area contributed by atoms with Crippen molar-refractivity contribution in [3.63, 3.8) is 0 Å². The Kier molecular flexibility index (Phi) is 5.00. The van der Waals surface area contributed by atoms with Gasteiger partial charge in [0.2, 0.25) is 0 Å². The zero-order chi connectivity index (χ0) is 13.8. The van der Waals surface area contributed by atoms with Gasteiger partial charge in [0.1, 0.15) is 0 Å². The average molecular weight is 260 g/mol. The molecule has 2 atom stereocenters. The number of hydrogen-bond acceptors (Lipinski definition) is 2. The van der Waals surface area contributed by atoms with Crippen LogP contribution in [-0.4, -0.2) is 31.6 Å². The van der Waals surface area contributed by atoms with Crippen LogP contribution in [0.25, 0.3) is 0 Å². The van der Waals surface area contributed by atoms with Crippen LogP contribution in [0.3, 0.4) is 0 Å². The van der Waals surface area contributed by atoms with Gasteiger partial charge in [0.25, 0.3) is 0 Å². The fourth-order valence-electron chi connectivity index (χ4n) is 3.47. The zero-order valence-corrected chi connectivity index (χ0v) is 12.9. The van der Waals surface area contributed by atoms with Gasteiger partial charge in [-0.05, 0) is 70.4 Å². The number of nitrogens with one attached hydrogen (secondary N) is 1. The largest absolute Gasteiger partial charge is 0.319 e. The normalized spacial score (nSPS) is 24.0. The van der Waals surface area contributed by atoms with Gasteiger partial charge in [0.05, 0.1) is 0 Å². The summed E-state index contributed by atoms with van der Waals surface area (Å²) in [5.41, 5.74) is 4.37. The molecule has 2 heteroatoms. The van der Waals surface area contributed by atoms with E-state index in [-0.39, 0.29) is 0 Å². The first-order valence-electron chi connectivity index (χ1n) is 7.63. The quantitative estimate of drug-likeness (QED) is 0.874. The lowest BCUT2D eigenvalue weighted by molar-refractivity contribution is 0.226. The van der Waals surface area contributed by atoms with Crippen LogP contribution >= 0.6 is 0 Å². The predicted octanol–water partition coefficient (Wildman–Crippen LogP) is 3.30. The van der Waals surface area contributed by atoms with E-state index in [0.29, 0.717) is 6.04 Å². The Morgan fingerprint density at radius 2 is 2.11 bits per heavy atom. The van der Waals surface area contributed by atoms with Gasteiger partial charge < -0.3 is 5.32 Å². The highest BCUT2D eigenvalue weighted by molar-refractivity contribution is 5.34. The summed E-state index contributed by atoms with van der Waals surface area (Å²) in [4.78, 5) is 2.68. The van der Waals surface area contributed by atoms with E-state index in [0.717, 1.165) is 12.5 Å². The van der Waals surface area contributed by atoms with Gasteiger partial charge >= 0.3 is 0 Å². The lowest BCUT2D eigenvalue weighted by Gasteiger charge is -2.30. The lowest BCUT2D eigenvalue weighted by atomic mass is 9.89. The highest BCUT2D eigenvalue weighted by atomic mass is 15.2. The fraction of sp³-hybridized carbons (Fsp3) is 0.647. The smallest absolute Gasteiger partial charge is 0.0391 e. The minimum Gasteiger partial charge on any atom is -0.319 e. The molecule has 0 bridgehead atoms. The molecule has 1 aromatic rings. The molecule has 0 aliphatic carbocycles. The van der Waals surface area contributed by atoms with Crippen molar-refractivity contribution in [2.24, 2.45) is 5.92 Å². The molecule has 0 saturated carbocycles. The van der Waals surface area contributed by atoms with E-state index in [9.17, 15) is 0 Å². The van der Waals surface area contributed by atoms with Gasteiger partial charge in [0, 0.05) is 6.04 Å². The first-order valence-corrected chi connectivity index (χ1v) is 7.63. The summed E-state index contributed by atoms with van der Waals surface area (Å²) >= 11 is 0. The summed E-state index contributed by atoms with van der Waals surface area (Å²) in [5, 5.41) is 3.38. The highest BCUT2D eigenvalue weighted by Crippen LogP contribution is 2.38. The number of benzene rings is 1. The molecule has 2 rings (SSSR count). The molecular formula is C17H28N2. The van der Waals surface area contributed by atoms with Crippen LogP contribution in [0.15, 0.2) is 18.2 Å². The molecule has 106 valence electrons. The Balaban J connectivity index is 2.31. The molecule has 1 N–H and O–H groups in total. The minimum atomic E-state index is 0.604. The van der Waals surface area contributed by atoms with Gasteiger partial charge in [0.15, 0.2) is 0 Å². The van der Waals surface area contributed by atoms with Crippen molar-refractivity contribution in [2.45, 2.75) is 39.7 Å². The molecule has 1 saturated heterocycles. The maximum absolute atomic E-state index is 3.38. The Morgan fingerprint density at radius 1 is 1.32 bits per heavy atom. The minimum absolute atomic E-state index is 0.604. The molecule has 2 nitrogen and oxygen atoms in total. The van der Waals surface area contributed by atoms with Crippen LogP contribution in [0.1, 0.15) is 42.5 Å². The van der Waals surface area contributed by atoms with Crippen LogP contribution in [0.2, 0.25) is 0 Å². The standard InChI is InChI=1S/C17H28N2/c1-5-9-19-10-8-15(12-18-4)17(19)16-11-13(2)6-7-14(16)3/h6-7,11,15,17-18H,5,8-10,12H2,1-4H3. The Hall–Kier alpha value is -0.860. The van der Waals surface area contributed by atoms with Crippen molar-refractivity contribution in [3.05, 3.63) is 34.9 Å². The summed E-state index contributed by atoms with van der Waals surface area (Å²) in [6, 6.07) is 7.51. The third-order valence-corrected chi connectivity index (χ3v) is 4.36. The SMILES string of the molecule is CCCN1CCC(CNC)C1c1cc(C)ccc1C. The second kappa shape index (κ2) is 6.53. The Bertz CT molecular complexity index is 400. The molecule has 0 spiro atoms. The van der Waals surface area contributed by atoms with Crippen molar-refractivity contribution >= 4 is 0 Å². The first kappa shape index (κ1) is 14.5. The number of aryl methyl sites for hydroxylation is 2. The first-order chi connectivity index (χ1) is 9.17. The molecule has 2 unspecified atom stereocenters. The second-order valence-electron chi connectivity index (χ2n) is 5.95. The molecule has 1 aliphatic heterocycles. The van der Waals surface area contributed by atoms with E-state index in [2.05, 4.69) is 56.2 Å². The van der Waals surface area contributed by atoms with Crippen LogP contribution in [0.5, 0.6) is 0 Å². The summed E-state index contributed by atoms with van der Waals surface area (Å²) < 4.78 is 0. The van der Waals surface area contributed by atoms with E-state index >= 15 is 0 Å². The van der Waals surface area contributed by atoms with Crippen molar-refractivity contribution in [2.75, 3.05) is 26.7 Å². The zero-order valence-electron chi connectivity index (χ0n) is 12.9. The summed E-state index contributed by atoms with van der Waals surface area (Å²) in [5.74, 6) is 0.747. The summed E-state index contributed by atoms with van der Waals surface area (Å²) in [6.07, 6.45) is 2.56. The average Bonchev–Trinajstić information content (AvgIpc) is 2.76. The number of likely N-dealkylation sites (tertiary alicyclic amines) is 1. The molecule has 0 amide bonds. The number of rotatable bonds is 5. The van der Waals surface area contributed by atoms with Gasteiger partial charge in [-0.25, -0.2) is 0 Å². The van der Waals surface area contributed by atoms with E-state index < -0.39 is 0 Å². The van der Waals surface area contributed by atoms with Gasteiger partial charge in [-0.2, -0.15) is 0 Å². The molecule has 1 aromatic carbocycles. The summed E-state index contributed by atoms with van der Waals surface area (Å²) in [7, 11) is 2.07. The molecule has 1 heterocycles. The van der Waals surface area contributed by atoms with Crippen LogP contribution in [0.4, 0.5) is 0 Å². The van der Waals surface area contributed by atoms with Gasteiger partial charge in [-0.3, -0.25) is 4.90 Å². The third-order valence-electron chi connectivity index (χ3n) is 4.36. The third kappa shape index (κ3) is 3.18. The van der Waals surface area contributed by atoms with Crippen LogP contribution in [0, 0.1) is 19.8 Å². The maximum atomic E-state index is 3.38. The monoisotopic (exact) mass is 260 g/mol. The van der Waals surface area contributed by atoms with Crippen LogP contribution < -0.4 is 5.32 Å². The molecule has 19 heavy (non-hydrogen) atoms. The number of nitrogens with zero attached hydrogens (tertiary/aromatic N) is 1. The van der Waals surface area contributed by atoms with Crippen molar-refractivity contribution in [1.29, 1.82) is 0 Å².